The van der Waals surface area contributed by atoms with Crippen LogP contribution in [0.15, 0.2) is 18.2 Å². The third-order valence-corrected chi connectivity index (χ3v) is 2.54. The molecule has 2 rings (SSSR count). The van der Waals surface area contributed by atoms with Gasteiger partial charge in [0.2, 0.25) is 0 Å². The number of nitrogens with zero attached hydrogens (tertiary/aromatic N) is 4. The number of carbonyl (C=O) groups is 1. The number of benzene rings is 1. The lowest BCUT2D eigenvalue weighted by molar-refractivity contribution is -0.118. The molecule has 1 N–H and O–H groups in total. The van der Waals surface area contributed by atoms with Crippen LogP contribution >= 0.6 is 23.2 Å². The molecule has 0 aliphatic rings. The average Bonchev–Trinajstić information content (AvgIpc) is 2.73. The molecule has 0 atom stereocenters. The normalized spacial score (nSPS) is 10.3. The molecular formula is C10H9Cl2N5O2. The molecule has 0 saturated carbocycles. The Balaban J connectivity index is 1.89. The molecule has 0 aliphatic carbocycles. The molecule has 1 amide bonds. The predicted octanol–water partition coefficient (Wildman–Crippen LogP) is 1.53. The van der Waals surface area contributed by atoms with Crippen molar-refractivity contribution in [3.05, 3.63) is 28.2 Å². The molecule has 0 spiro atoms. The summed E-state index contributed by atoms with van der Waals surface area (Å²) in [5.74, 6) is 0.0608. The molecule has 0 unspecified atom stereocenters. The highest BCUT2D eigenvalue weighted by Crippen LogP contribution is 2.27. The van der Waals surface area contributed by atoms with Gasteiger partial charge < -0.3 is 4.74 Å². The van der Waals surface area contributed by atoms with Crippen molar-refractivity contribution in [2.75, 3.05) is 11.9 Å². The third kappa shape index (κ3) is 3.80. The predicted molar refractivity (Wildman–Crippen MR) is 69.4 cm³/mol. The van der Waals surface area contributed by atoms with Gasteiger partial charge in [-0.25, -0.2) is 0 Å². The molecule has 1 aromatic heterocycles. The fourth-order valence-electron chi connectivity index (χ4n) is 1.23. The molecule has 9 heteroatoms. The second-order valence-electron chi connectivity index (χ2n) is 3.51. The number of tetrazole rings is 1. The van der Waals surface area contributed by atoms with Crippen molar-refractivity contribution in [2.45, 2.75) is 0 Å². The number of ether oxygens (including phenoxy) is 1. The highest BCUT2D eigenvalue weighted by atomic mass is 35.5. The van der Waals surface area contributed by atoms with Gasteiger partial charge in [0.15, 0.2) is 6.61 Å². The van der Waals surface area contributed by atoms with Crippen molar-refractivity contribution in [1.82, 2.24) is 20.2 Å². The summed E-state index contributed by atoms with van der Waals surface area (Å²) in [7, 11) is 1.59. The van der Waals surface area contributed by atoms with Gasteiger partial charge in [0.1, 0.15) is 5.75 Å². The largest absolute Gasteiger partial charge is 0.482 e. The molecule has 1 heterocycles. The van der Waals surface area contributed by atoms with E-state index in [2.05, 4.69) is 20.7 Å². The van der Waals surface area contributed by atoms with Crippen LogP contribution in [0.1, 0.15) is 0 Å². The number of carbonyl (C=O) groups excluding carboxylic acids is 1. The van der Waals surface area contributed by atoms with Crippen LogP contribution in [0.2, 0.25) is 10.0 Å². The highest BCUT2D eigenvalue weighted by molar-refractivity contribution is 6.35. The summed E-state index contributed by atoms with van der Waals surface area (Å²) in [6.45, 7) is -0.223. The molecule has 0 aliphatic heterocycles. The number of amides is 1. The van der Waals surface area contributed by atoms with E-state index in [-0.39, 0.29) is 12.6 Å². The molecule has 0 radical (unpaired) electrons. The van der Waals surface area contributed by atoms with E-state index in [4.69, 9.17) is 27.9 Å². The summed E-state index contributed by atoms with van der Waals surface area (Å²) < 4.78 is 5.25. The summed E-state index contributed by atoms with van der Waals surface area (Å²) in [5, 5.41) is 14.2. The summed E-state index contributed by atoms with van der Waals surface area (Å²) in [6, 6.07) is 4.73. The van der Waals surface area contributed by atoms with Crippen LogP contribution in [0.3, 0.4) is 0 Å². The maximum Gasteiger partial charge on any atom is 0.270 e. The molecule has 7 nitrogen and oxygen atoms in total. The quantitative estimate of drug-likeness (QED) is 0.926. The van der Waals surface area contributed by atoms with Crippen molar-refractivity contribution >= 4 is 35.1 Å². The van der Waals surface area contributed by atoms with Crippen molar-refractivity contribution < 1.29 is 9.53 Å². The van der Waals surface area contributed by atoms with E-state index in [1.54, 1.807) is 19.2 Å². The number of anilines is 1. The number of aromatic nitrogens is 4. The van der Waals surface area contributed by atoms with E-state index in [9.17, 15) is 4.79 Å². The minimum atomic E-state index is -0.418. The fourth-order valence-corrected chi connectivity index (χ4v) is 1.69. The zero-order chi connectivity index (χ0) is 13.8. The Labute approximate surface area is 118 Å². The van der Waals surface area contributed by atoms with Gasteiger partial charge in [0.25, 0.3) is 11.9 Å². The van der Waals surface area contributed by atoms with Crippen LogP contribution < -0.4 is 10.1 Å². The lowest BCUT2D eigenvalue weighted by atomic mass is 10.3. The van der Waals surface area contributed by atoms with E-state index in [0.717, 1.165) is 0 Å². The number of hydrogen-bond donors (Lipinski definition) is 1. The summed E-state index contributed by atoms with van der Waals surface area (Å²) in [4.78, 5) is 12.8. The Morgan fingerprint density at radius 1 is 1.47 bits per heavy atom. The molecule has 2 aromatic rings. The van der Waals surface area contributed by atoms with E-state index in [1.165, 1.54) is 10.9 Å². The standard InChI is InChI=1S/C10H9Cl2N5O2/c1-17-15-10(14-16-17)13-9(18)5-19-8-3-2-6(11)4-7(8)12/h2-4H,5H2,1H3,(H,13,15,18). The second-order valence-corrected chi connectivity index (χ2v) is 4.36. The van der Waals surface area contributed by atoms with E-state index < -0.39 is 5.91 Å². The van der Waals surface area contributed by atoms with Crippen LogP contribution in [0.4, 0.5) is 5.95 Å². The summed E-state index contributed by atoms with van der Waals surface area (Å²) in [5.41, 5.74) is 0. The van der Waals surface area contributed by atoms with Gasteiger partial charge in [-0.2, -0.15) is 4.80 Å². The van der Waals surface area contributed by atoms with Gasteiger partial charge in [0, 0.05) is 5.02 Å². The molecular weight excluding hydrogens is 293 g/mol. The maximum atomic E-state index is 11.6. The van der Waals surface area contributed by atoms with Gasteiger partial charge in [-0.3, -0.25) is 10.1 Å². The van der Waals surface area contributed by atoms with Crippen molar-refractivity contribution in [3.63, 3.8) is 0 Å². The molecule has 0 saturated heterocycles. The van der Waals surface area contributed by atoms with E-state index >= 15 is 0 Å². The molecule has 100 valence electrons. The van der Waals surface area contributed by atoms with Crippen LogP contribution in [-0.2, 0) is 11.8 Å². The van der Waals surface area contributed by atoms with Crippen LogP contribution in [0.5, 0.6) is 5.75 Å². The fraction of sp³-hybridized carbons (Fsp3) is 0.200. The third-order valence-electron chi connectivity index (χ3n) is 2.01. The van der Waals surface area contributed by atoms with Crippen LogP contribution in [0, 0.1) is 0 Å². The van der Waals surface area contributed by atoms with Crippen molar-refractivity contribution in [1.29, 1.82) is 0 Å². The van der Waals surface area contributed by atoms with E-state index in [1.807, 2.05) is 0 Å². The van der Waals surface area contributed by atoms with Crippen LogP contribution in [0.25, 0.3) is 0 Å². The minimum Gasteiger partial charge on any atom is -0.482 e. The highest BCUT2D eigenvalue weighted by Gasteiger charge is 2.09. The smallest absolute Gasteiger partial charge is 0.270 e. The number of hydrogen-bond acceptors (Lipinski definition) is 5. The lowest BCUT2D eigenvalue weighted by Crippen LogP contribution is -2.21. The van der Waals surface area contributed by atoms with E-state index in [0.29, 0.717) is 15.8 Å². The number of nitrogens with one attached hydrogen (secondary N) is 1. The van der Waals surface area contributed by atoms with Crippen molar-refractivity contribution in [3.8, 4) is 5.75 Å². The first-order valence-corrected chi connectivity index (χ1v) is 5.92. The Hall–Kier alpha value is -1.86. The minimum absolute atomic E-state index is 0.110. The SMILES string of the molecule is Cn1nnc(NC(=O)COc2ccc(Cl)cc2Cl)n1. The number of rotatable bonds is 4. The molecule has 0 bridgehead atoms. The van der Waals surface area contributed by atoms with Gasteiger partial charge in [0.05, 0.1) is 12.1 Å². The van der Waals surface area contributed by atoms with Crippen molar-refractivity contribution in [2.24, 2.45) is 7.05 Å². The number of halogens is 2. The van der Waals surface area contributed by atoms with Gasteiger partial charge in [-0.05, 0) is 23.4 Å². The van der Waals surface area contributed by atoms with Crippen LogP contribution in [-0.4, -0.2) is 32.7 Å². The Bertz CT molecular complexity index is 601. The molecule has 1 aromatic carbocycles. The first-order valence-electron chi connectivity index (χ1n) is 5.16. The van der Waals surface area contributed by atoms with Gasteiger partial charge >= 0.3 is 0 Å². The Morgan fingerprint density at radius 3 is 2.89 bits per heavy atom. The Kier molecular flexibility index (Phi) is 4.18. The zero-order valence-corrected chi connectivity index (χ0v) is 11.3. The molecule has 19 heavy (non-hydrogen) atoms. The molecule has 0 fully saturated rings. The topological polar surface area (TPSA) is 81.9 Å². The summed E-state index contributed by atoms with van der Waals surface area (Å²) >= 11 is 11.6. The Morgan fingerprint density at radius 2 is 2.26 bits per heavy atom. The first kappa shape index (κ1) is 13.6. The number of aryl methyl sites for hydroxylation is 1. The average molecular weight is 302 g/mol. The lowest BCUT2D eigenvalue weighted by Gasteiger charge is -2.07. The second kappa shape index (κ2) is 5.85. The summed E-state index contributed by atoms with van der Waals surface area (Å²) in [6.07, 6.45) is 0. The van der Waals surface area contributed by atoms with Gasteiger partial charge in [-0.1, -0.05) is 28.3 Å². The maximum absolute atomic E-state index is 11.6. The van der Waals surface area contributed by atoms with Gasteiger partial charge in [-0.15, -0.1) is 5.10 Å². The zero-order valence-electron chi connectivity index (χ0n) is 9.80. The first-order chi connectivity index (χ1) is 9.04. The monoisotopic (exact) mass is 301 g/mol.